The van der Waals surface area contributed by atoms with Gasteiger partial charge in [-0.15, -0.1) is 0 Å². The second-order valence-corrected chi connectivity index (χ2v) is 8.59. The Morgan fingerprint density at radius 1 is 0.962 bits per heavy atom. The quantitative estimate of drug-likeness (QED) is 0.806. The Hall–Kier alpha value is -2.34. The summed E-state index contributed by atoms with van der Waals surface area (Å²) >= 11 is 0. The van der Waals surface area contributed by atoms with E-state index in [0.717, 1.165) is 11.1 Å². The number of sulfonamides is 1. The largest absolute Gasteiger partial charge is 0.349 e. The molecule has 0 heterocycles. The molecule has 1 amide bonds. The third-order valence-corrected chi connectivity index (χ3v) is 5.88. The Morgan fingerprint density at radius 2 is 1.62 bits per heavy atom. The van der Waals surface area contributed by atoms with Crippen molar-refractivity contribution < 1.29 is 13.2 Å². The monoisotopic (exact) mass is 374 g/mol. The number of hydrogen-bond donors (Lipinski definition) is 2. The molecular weight excluding hydrogens is 348 g/mol. The number of carbonyl (C=O) groups excluding carboxylic acids is 1. The van der Waals surface area contributed by atoms with Gasteiger partial charge in [0.1, 0.15) is 0 Å². The molecule has 2 rings (SSSR count). The van der Waals surface area contributed by atoms with Crippen molar-refractivity contribution in [2.75, 3.05) is 4.72 Å². The fourth-order valence-electron chi connectivity index (χ4n) is 2.36. The van der Waals surface area contributed by atoms with E-state index in [9.17, 15) is 13.2 Å². The summed E-state index contributed by atoms with van der Waals surface area (Å²) in [4.78, 5) is 12.6. The van der Waals surface area contributed by atoms with Crippen molar-refractivity contribution in [3.63, 3.8) is 0 Å². The smallest absolute Gasteiger partial charge is 0.261 e. The molecule has 0 aromatic heterocycles. The fourth-order valence-corrected chi connectivity index (χ4v) is 3.51. The van der Waals surface area contributed by atoms with E-state index >= 15 is 0 Å². The van der Waals surface area contributed by atoms with E-state index < -0.39 is 10.0 Å². The number of benzene rings is 2. The van der Waals surface area contributed by atoms with E-state index in [1.54, 1.807) is 25.1 Å². The SMILES string of the molecule is Cc1ccccc1NS(=O)(=O)c1ccc(C)c(C(=O)NC(C)C(C)C)c1. The van der Waals surface area contributed by atoms with Crippen LogP contribution in [0.2, 0.25) is 0 Å². The first-order valence-corrected chi connectivity index (χ1v) is 10.1. The normalized spacial score (nSPS) is 12.7. The summed E-state index contributed by atoms with van der Waals surface area (Å²) in [6.45, 7) is 9.59. The maximum atomic E-state index is 12.7. The first kappa shape index (κ1) is 20.0. The summed E-state index contributed by atoms with van der Waals surface area (Å²) in [6, 6.07) is 11.7. The standard InChI is InChI=1S/C20H26N2O3S/c1-13(2)16(5)21-20(23)18-12-17(11-10-14(18)3)26(24,25)22-19-9-7-6-8-15(19)4/h6-13,16,22H,1-5H3,(H,21,23). The highest BCUT2D eigenvalue weighted by molar-refractivity contribution is 7.92. The summed E-state index contributed by atoms with van der Waals surface area (Å²) in [5.41, 5.74) is 2.44. The van der Waals surface area contributed by atoms with Crippen molar-refractivity contribution in [2.45, 2.75) is 45.6 Å². The lowest BCUT2D eigenvalue weighted by atomic mass is 10.0. The molecule has 2 aromatic rings. The van der Waals surface area contributed by atoms with Crippen LogP contribution in [0.5, 0.6) is 0 Å². The van der Waals surface area contributed by atoms with Crippen LogP contribution in [0.4, 0.5) is 5.69 Å². The summed E-state index contributed by atoms with van der Waals surface area (Å²) in [7, 11) is -3.78. The van der Waals surface area contributed by atoms with Crippen molar-refractivity contribution in [3.8, 4) is 0 Å². The molecular formula is C20H26N2O3S. The zero-order valence-electron chi connectivity index (χ0n) is 15.8. The molecule has 0 spiro atoms. The molecule has 1 atom stereocenters. The van der Waals surface area contributed by atoms with Crippen LogP contribution in [-0.2, 0) is 10.0 Å². The molecule has 140 valence electrons. The number of para-hydroxylation sites is 1. The van der Waals surface area contributed by atoms with Crippen LogP contribution < -0.4 is 10.0 Å². The van der Waals surface area contributed by atoms with Gasteiger partial charge in [-0.25, -0.2) is 8.42 Å². The molecule has 26 heavy (non-hydrogen) atoms. The summed E-state index contributed by atoms with van der Waals surface area (Å²) in [5, 5.41) is 2.92. The second kappa shape index (κ2) is 7.91. The van der Waals surface area contributed by atoms with Crippen LogP contribution in [0.25, 0.3) is 0 Å². The number of anilines is 1. The number of nitrogens with one attached hydrogen (secondary N) is 2. The van der Waals surface area contributed by atoms with Gasteiger partial charge in [-0.1, -0.05) is 38.1 Å². The van der Waals surface area contributed by atoms with Gasteiger partial charge in [-0.2, -0.15) is 0 Å². The van der Waals surface area contributed by atoms with Crippen molar-refractivity contribution >= 4 is 21.6 Å². The molecule has 0 fully saturated rings. The summed E-state index contributed by atoms with van der Waals surface area (Å²) < 4.78 is 28.0. The summed E-state index contributed by atoms with van der Waals surface area (Å²) in [5.74, 6) is 0.0190. The fraction of sp³-hybridized carbons (Fsp3) is 0.350. The van der Waals surface area contributed by atoms with Gasteiger partial charge in [-0.05, 0) is 56.0 Å². The molecule has 6 heteroatoms. The van der Waals surface area contributed by atoms with Gasteiger partial charge in [-0.3, -0.25) is 9.52 Å². The average Bonchev–Trinajstić information content (AvgIpc) is 2.56. The topological polar surface area (TPSA) is 75.3 Å². The molecule has 1 unspecified atom stereocenters. The van der Waals surface area contributed by atoms with Gasteiger partial charge in [0, 0.05) is 11.6 Å². The second-order valence-electron chi connectivity index (χ2n) is 6.90. The van der Waals surface area contributed by atoms with Gasteiger partial charge in [0.05, 0.1) is 10.6 Å². The molecule has 2 aromatic carbocycles. The predicted molar refractivity (Wildman–Crippen MR) is 105 cm³/mol. The third kappa shape index (κ3) is 4.64. The van der Waals surface area contributed by atoms with Crippen LogP contribution >= 0.6 is 0 Å². The highest BCUT2D eigenvalue weighted by Gasteiger charge is 2.20. The number of amides is 1. The zero-order valence-corrected chi connectivity index (χ0v) is 16.6. The number of hydrogen-bond acceptors (Lipinski definition) is 3. The molecule has 0 saturated carbocycles. The highest BCUT2D eigenvalue weighted by atomic mass is 32.2. The zero-order chi connectivity index (χ0) is 19.5. The number of carbonyl (C=O) groups is 1. The summed E-state index contributed by atoms with van der Waals surface area (Å²) in [6.07, 6.45) is 0. The molecule has 0 aliphatic heterocycles. The van der Waals surface area contributed by atoms with E-state index in [4.69, 9.17) is 0 Å². The molecule has 0 bridgehead atoms. The maximum absolute atomic E-state index is 12.7. The first-order chi connectivity index (χ1) is 12.1. The Labute approximate surface area is 155 Å². The first-order valence-electron chi connectivity index (χ1n) is 8.62. The van der Waals surface area contributed by atoms with E-state index in [1.807, 2.05) is 39.8 Å². The molecule has 0 aliphatic carbocycles. The minimum atomic E-state index is -3.78. The van der Waals surface area contributed by atoms with E-state index in [0.29, 0.717) is 11.3 Å². The molecule has 2 N–H and O–H groups in total. The Morgan fingerprint density at radius 3 is 2.23 bits per heavy atom. The minimum Gasteiger partial charge on any atom is -0.349 e. The number of rotatable bonds is 6. The lowest BCUT2D eigenvalue weighted by Crippen LogP contribution is -2.36. The van der Waals surface area contributed by atoms with Crippen molar-refractivity contribution in [2.24, 2.45) is 5.92 Å². The lowest BCUT2D eigenvalue weighted by molar-refractivity contribution is 0.0929. The van der Waals surface area contributed by atoms with Crippen LogP contribution in [0.3, 0.4) is 0 Å². The average molecular weight is 375 g/mol. The minimum absolute atomic E-state index is 0.00717. The van der Waals surface area contributed by atoms with Gasteiger partial charge in [0.15, 0.2) is 0 Å². The van der Waals surface area contributed by atoms with Gasteiger partial charge >= 0.3 is 0 Å². The van der Waals surface area contributed by atoms with E-state index in [1.165, 1.54) is 12.1 Å². The van der Waals surface area contributed by atoms with Gasteiger partial charge in [0.2, 0.25) is 0 Å². The van der Waals surface area contributed by atoms with E-state index in [-0.39, 0.29) is 22.8 Å². The van der Waals surface area contributed by atoms with E-state index in [2.05, 4.69) is 10.0 Å². The molecule has 0 radical (unpaired) electrons. The van der Waals surface area contributed by atoms with Crippen molar-refractivity contribution in [3.05, 3.63) is 59.2 Å². The van der Waals surface area contributed by atoms with Crippen LogP contribution in [0.15, 0.2) is 47.4 Å². The van der Waals surface area contributed by atoms with Crippen LogP contribution in [0, 0.1) is 19.8 Å². The Kier molecular flexibility index (Phi) is 6.08. The van der Waals surface area contributed by atoms with Gasteiger partial charge in [0.25, 0.3) is 15.9 Å². The third-order valence-electron chi connectivity index (χ3n) is 4.51. The maximum Gasteiger partial charge on any atom is 0.261 e. The Balaban J connectivity index is 2.33. The molecule has 0 aliphatic rings. The van der Waals surface area contributed by atoms with Crippen molar-refractivity contribution in [1.82, 2.24) is 5.32 Å². The molecule has 5 nitrogen and oxygen atoms in total. The number of aryl methyl sites for hydroxylation is 2. The van der Waals surface area contributed by atoms with Crippen LogP contribution in [-0.4, -0.2) is 20.4 Å². The predicted octanol–water partition coefficient (Wildman–Crippen LogP) is 3.88. The van der Waals surface area contributed by atoms with Gasteiger partial charge < -0.3 is 5.32 Å². The van der Waals surface area contributed by atoms with Crippen molar-refractivity contribution in [1.29, 1.82) is 0 Å². The van der Waals surface area contributed by atoms with Crippen LogP contribution in [0.1, 0.15) is 42.3 Å². The Bertz CT molecular complexity index is 905. The molecule has 0 saturated heterocycles. The lowest BCUT2D eigenvalue weighted by Gasteiger charge is -2.18. The highest BCUT2D eigenvalue weighted by Crippen LogP contribution is 2.21.